The van der Waals surface area contributed by atoms with Crippen LogP contribution in [0.25, 0.3) is 11.3 Å². The average molecular weight is 415 g/mol. The summed E-state index contributed by atoms with van der Waals surface area (Å²) >= 11 is 0. The van der Waals surface area contributed by atoms with Gasteiger partial charge >= 0.3 is 5.69 Å². The van der Waals surface area contributed by atoms with E-state index < -0.39 is 0 Å². The van der Waals surface area contributed by atoms with Crippen molar-refractivity contribution in [2.75, 3.05) is 32.6 Å². The minimum absolute atomic E-state index is 0.0846. The summed E-state index contributed by atoms with van der Waals surface area (Å²) in [5, 5.41) is 6.14. The number of carbonyl (C=O) groups excluding carboxylic acids is 1. The lowest BCUT2D eigenvalue weighted by Crippen LogP contribution is -2.29. The van der Waals surface area contributed by atoms with Crippen LogP contribution in [0.2, 0.25) is 0 Å². The third kappa shape index (κ3) is 4.93. The van der Waals surface area contributed by atoms with Crippen LogP contribution >= 0.6 is 0 Å². The quantitative estimate of drug-likeness (QED) is 0.581. The summed E-state index contributed by atoms with van der Waals surface area (Å²) in [5.74, 6) is 1.99. The van der Waals surface area contributed by atoms with E-state index in [9.17, 15) is 9.59 Å². The molecule has 0 atom stereocenters. The van der Waals surface area contributed by atoms with Gasteiger partial charge in [-0.1, -0.05) is 6.92 Å². The molecule has 1 aliphatic rings. The lowest BCUT2D eigenvalue weighted by atomic mass is 9.97. The largest absolute Gasteiger partial charge is 0.493 e. The fraction of sp³-hybridized carbons (Fsp3) is 0.500. The maximum absolute atomic E-state index is 12.6. The van der Waals surface area contributed by atoms with Crippen LogP contribution in [0.3, 0.4) is 0 Å². The summed E-state index contributed by atoms with van der Waals surface area (Å²) in [4.78, 5) is 28.0. The van der Waals surface area contributed by atoms with Gasteiger partial charge in [0.1, 0.15) is 5.82 Å². The standard InChI is InChI=1S/C22H30N4O4/c1-4-21(27)24-10-7-5-6-9-23-20-14-17-16-13-19(30-3)18(29-2)12-15(16)8-11-26(17)22(28)25-20/h12-14H,4-11H2,1-3H3,(H,24,27)(H,23,25,28). The van der Waals surface area contributed by atoms with Gasteiger partial charge in [0, 0.05) is 37.7 Å². The zero-order chi connectivity index (χ0) is 21.5. The molecule has 162 valence electrons. The van der Waals surface area contributed by atoms with Gasteiger partial charge in [-0.25, -0.2) is 4.79 Å². The molecular formula is C22H30N4O4. The molecule has 1 amide bonds. The fourth-order valence-corrected chi connectivity index (χ4v) is 3.63. The molecule has 2 heterocycles. The number of unbranched alkanes of at least 4 members (excludes halogenated alkanes) is 2. The van der Waals surface area contributed by atoms with Gasteiger partial charge in [0.2, 0.25) is 5.91 Å². The number of aromatic nitrogens is 2. The van der Waals surface area contributed by atoms with Gasteiger partial charge in [-0.15, -0.1) is 0 Å². The van der Waals surface area contributed by atoms with E-state index >= 15 is 0 Å². The number of amides is 1. The van der Waals surface area contributed by atoms with Gasteiger partial charge < -0.3 is 20.1 Å². The molecule has 2 aromatic rings. The van der Waals surface area contributed by atoms with Gasteiger partial charge in [-0.3, -0.25) is 9.36 Å². The Morgan fingerprint density at radius 1 is 1.10 bits per heavy atom. The van der Waals surface area contributed by atoms with Gasteiger partial charge in [-0.2, -0.15) is 4.98 Å². The van der Waals surface area contributed by atoms with Crippen LogP contribution in [0.1, 0.15) is 38.2 Å². The maximum Gasteiger partial charge on any atom is 0.349 e. The minimum Gasteiger partial charge on any atom is -0.493 e. The second kappa shape index (κ2) is 10.1. The van der Waals surface area contributed by atoms with Gasteiger partial charge in [-0.05, 0) is 43.4 Å². The van der Waals surface area contributed by atoms with Crippen molar-refractivity contribution in [3.8, 4) is 22.8 Å². The average Bonchev–Trinajstić information content (AvgIpc) is 2.77. The molecule has 0 aliphatic carbocycles. The second-order valence-corrected chi connectivity index (χ2v) is 7.27. The van der Waals surface area contributed by atoms with Crippen LogP contribution in [0.5, 0.6) is 11.5 Å². The SMILES string of the molecule is CCC(=O)NCCCCCNc1cc2n(c(=O)n1)CCc1cc(OC)c(OC)cc1-2. The molecule has 0 saturated carbocycles. The molecule has 8 nitrogen and oxygen atoms in total. The summed E-state index contributed by atoms with van der Waals surface area (Å²) in [6.45, 7) is 3.86. The Labute approximate surface area is 176 Å². The number of benzene rings is 1. The monoisotopic (exact) mass is 414 g/mol. The molecule has 0 saturated heterocycles. The lowest BCUT2D eigenvalue weighted by Gasteiger charge is -2.23. The van der Waals surface area contributed by atoms with Crippen molar-refractivity contribution >= 4 is 11.7 Å². The Bertz CT molecular complexity index is 955. The van der Waals surface area contributed by atoms with E-state index in [1.54, 1.807) is 18.8 Å². The summed E-state index contributed by atoms with van der Waals surface area (Å²) in [6.07, 6.45) is 4.11. The number of carbonyl (C=O) groups is 1. The Kier molecular flexibility index (Phi) is 7.32. The van der Waals surface area contributed by atoms with Crippen molar-refractivity contribution in [1.82, 2.24) is 14.9 Å². The fourth-order valence-electron chi connectivity index (χ4n) is 3.63. The van der Waals surface area contributed by atoms with Gasteiger partial charge in [0.15, 0.2) is 11.5 Å². The molecule has 1 aromatic heterocycles. The number of aryl methyl sites for hydroxylation is 1. The first-order valence-corrected chi connectivity index (χ1v) is 10.4. The number of fused-ring (bicyclic) bond motifs is 3. The Balaban J connectivity index is 1.67. The third-order valence-electron chi connectivity index (χ3n) is 5.30. The van der Waals surface area contributed by atoms with E-state index in [-0.39, 0.29) is 11.6 Å². The summed E-state index contributed by atoms with van der Waals surface area (Å²) in [6, 6.07) is 5.83. The number of hydrogen-bond donors (Lipinski definition) is 2. The predicted molar refractivity (Wildman–Crippen MR) is 116 cm³/mol. The highest BCUT2D eigenvalue weighted by Crippen LogP contribution is 2.38. The molecule has 0 unspecified atom stereocenters. The van der Waals surface area contributed by atoms with E-state index in [0.717, 1.165) is 49.0 Å². The van der Waals surface area contributed by atoms with Crippen molar-refractivity contribution < 1.29 is 14.3 Å². The molecule has 30 heavy (non-hydrogen) atoms. The molecule has 8 heteroatoms. The normalized spacial score (nSPS) is 12.0. The van der Waals surface area contributed by atoms with Crippen LogP contribution in [-0.4, -0.2) is 42.8 Å². The predicted octanol–water partition coefficient (Wildman–Crippen LogP) is 2.59. The van der Waals surface area contributed by atoms with Crippen molar-refractivity contribution in [2.45, 2.75) is 45.6 Å². The van der Waals surface area contributed by atoms with Gasteiger partial charge in [0.25, 0.3) is 0 Å². The van der Waals surface area contributed by atoms with E-state index in [1.165, 1.54) is 0 Å². The number of anilines is 1. The zero-order valence-electron chi connectivity index (χ0n) is 17.9. The molecule has 0 fully saturated rings. The van der Waals surface area contributed by atoms with Crippen LogP contribution in [-0.2, 0) is 17.8 Å². The van der Waals surface area contributed by atoms with Crippen LogP contribution in [0.4, 0.5) is 5.82 Å². The van der Waals surface area contributed by atoms with Crippen LogP contribution < -0.4 is 25.8 Å². The second-order valence-electron chi connectivity index (χ2n) is 7.27. The van der Waals surface area contributed by atoms with Crippen molar-refractivity contribution in [3.63, 3.8) is 0 Å². The highest BCUT2D eigenvalue weighted by Gasteiger charge is 2.21. The van der Waals surface area contributed by atoms with E-state index in [2.05, 4.69) is 15.6 Å². The summed E-state index contributed by atoms with van der Waals surface area (Å²) in [5.41, 5.74) is 2.67. The van der Waals surface area contributed by atoms with E-state index in [4.69, 9.17) is 9.47 Å². The number of methoxy groups -OCH3 is 2. The number of nitrogens with zero attached hydrogens (tertiary/aromatic N) is 2. The molecular weight excluding hydrogens is 384 g/mol. The number of hydrogen-bond acceptors (Lipinski definition) is 6. The first kappa shape index (κ1) is 21.7. The Morgan fingerprint density at radius 3 is 2.57 bits per heavy atom. The molecule has 1 aromatic carbocycles. The molecule has 0 radical (unpaired) electrons. The lowest BCUT2D eigenvalue weighted by molar-refractivity contribution is -0.120. The first-order valence-electron chi connectivity index (χ1n) is 10.4. The van der Waals surface area contributed by atoms with Crippen molar-refractivity contribution in [2.24, 2.45) is 0 Å². The van der Waals surface area contributed by atoms with E-state index in [1.807, 2.05) is 25.1 Å². The molecule has 0 bridgehead atoms. The number of nitrogens with one attached hydrogen (secondary N) is 2. The first-order chi connectivity index (χ1) is 14.6. The number of ether oxygens (including phenoxy) is 2. The summed E-state index contributed by atoms with van der Waals surface area (Å²) in [7, 11) is 3.22. The Hall–Kier alpha value is -3.03. The van der Waals surface area contributed by atoms with Crippen LogP contribution in [0.15, 0.2) is 23.0 Å². The molecule has 2 N–H and O–H groups in total. The number of rotatable bonds is 10. The molecule has 0 spiro atoms. The minimum atomic E-state index is -0.252. The molecule has 1 aliphatic heterocycles. The smallest absolute Gasteiger partial charge is 0.349 e. The van der Waals surface area contributed by atoms with Crippen molar-refractivity contribution in [3.05, 3.63) is 34.2 Å². The highest BCUT2D eigenvalue weighted by atomic mass is 16.5. The summed E-state index contributed by atoms with van der Waals surface area (Å²) < 4.78 is 12.6. The Morgan fingerprint density at radius 2 is 1.83 bits per heavy atom. The van der Waals surface area contributed by atoms with Crippen molar-refractivity contribution in [1.29, 1.82) is 0 Å². The highest BCUT2D eigenvalue weighted by molar-refractivity contribution is 5.75. The topological polar surface area (TPSA) is 94.5 Å². The van der Waals surface area contributed by atoms with Gasteiger partial charge in [0.05, 0.1) is 19.9 Å². The molecule has 3 rings (SSSR count). The third-order valence-corrected chi connectivity index (χ3v) is 5.30. The van der Waals surface area contributed by atoms with Crippen LogP contribution in [0, 0.1) is 0 Å². The zero-order valence-corrected chi connectivity index (χ0v) is 17.9. The maximum atomic E-state index is 12.6. The van der Waals surface area contributed by atoms with E-state index in [0.29, 0.717) is 36.8 Å².